The summed E-state index contributed by atoms with van der Waals surface area (Å²) in [5.74, 6) is -1.92. The van der Waals surface area contributed by atoms with Crippen LogP contribution in [0.25, 0.3) is 20.3 Å². The number of thiophene rings is 1. The van der Waals surface area contributed by atoms with Crippen LogP contribution >= 0.6 is 22.7 Å². The topological polar surface area (TPSA) is 94.2 Å². The fraction of sp³-hybridized carbons (Fsp3) is 0.174. The van der Waals surface area contributed by atoms with Crippen LogP contribution < -0.4 is 4.90 Å². The highest BCUT2D eigenvalue weighted by Crippen LogP contribution is 2.34. The second-order valence-corrected chi connectivity index (χ2v) is 10.0. The molecule has 0 bridgehead atoms. The highest BCUT2D eigenvalue weighted by Gasteiger charge is 2.25. The number of rotatable bonds is 6. The summed E-state index contributed by atoms with van der Waals surface area (Å²) >= 11 is 2.21. The molecule has 35 heavy (non-hydrogen) atoms. The number of carbonyl (C=O) groups is 1. The van der Waals surface area contributed by atoms with Gasteiger partial charge in [0.25, 0.3) is 11.6 Å². The molecule has 0 N–H and O–H groups in total. The minimum atomic E-state index is -0.803. The van der Waals surface area contributed by atoms with E-state index in [0.29, 0.717) is 16.8 Å². The van der Waals surface area contributed by atoms with E-state index in [0.717, 1.165) is 33.5 Å². The van der Waals surface area contributed by atoms with Crippen molar-refractivity contribution in [3.05, 3.63) is 80.5 Å². The smallest absolute Gasteiger partial charge is 0.270 e. The molecule has 0 saturated carbocycles. The highest BCUT2D eigenvalue weighted by molar-refractivity contribution is 7.23. The molecular weight excluding hydrogens is 496 g/mol. The number of halogens is 2. The van der Waals surface area contributed by atoms with Crippen molar-refractivity contribution in [2.24, 2.45) is 0 Å². The summed E-state index contributed by atoms with van der Waals surface area (Å²) in [4.78, 5) is 30.3. The van der Waals surface area contributed by atoms with Gasteiger partial charge in [-0.25, -0.2) is 13.8 Å². The van der Waals surface area contributed by atoms with Crippen LogP contribution in [0, 0.1) is 35.6 Å². The first kappa shape index (κ1) is 23.0. The van der Waals surface area contributed by atoms with E-state index in [1.807, 2.05) is 19.9 Å². The number of aryl methyl sites for hydroxylation is 2. The number of aromatic nitrogens is 3. The van der Waals surface area contributed by atoms with Crippen LogP contribution in [-0.4, -0.2) is 32.1 Å². The number of thiazole rings is 1. The number of nitro groups is 1. The van der Waals surface area contributed by atoms with Crippen LogP contribution in [0.1, 0.15) is 21.1 Å². The Kier molecular flexibility index (Phi) is 5.77. The van der Waals surface area contributed by atoms with E-state index in [1.165, 1.54) is 34.4 Å². The van der Waals surface area contributed by atoms with Gasteiger partial charge in [-0.2, -0.15) is 5.10 Å². The van der Waals surface area contributed by atoms with Gasteiger partial charge in [-0.05, 0) is 38.1 Å². The van der Waals surface area contributed by atoms with Crippen molar-refractivity contribution < 1.29 is 18.5 Å². The van der Waals surface area contributed by atoms with Crippen LogP contribution in [-0.2, 0) is 6.54 Å². The monoisotopic (exact) mass is 513 g/mol. The third-order valence-corrected chi connectivity index (χ3v) is 7.57. The summed E-state index contributed by atoms with van der Waals surface area (Å²) in [5, 5.41) is 16.3. The van der Waals surface area contributed by atoms with Gasteiger partial charge in [0, 0.05) is 40.5 Å². The normalized spacial score (nSPS) is 11.4. The SMILES string of the molecule is Cc1cc(C)n(CCN(C(=O)c2cc3cc([N+](=O)[O-])ccc3s2)c2nc3c(F)cc(F)cc3s2)n1. The Morgan fingerprint density at radius 3 is 2.63 bits per heavy atom. The van der Waals surface area contributed by atoms with Crippen molar-refractivity contribution in [3.63, 3.8) is 0 Å². The fourth-order valence-corrected chi connectivity index (χ4v) is 5.85. The quantitative estimate of drug-likeness (QED) is 0.209. The second kappa shape index (κ2) is 8.78. The minimum absolute atomic E-state index is 0.0118. The van der Waals surface area contributed by atoms with Gasteiger partial charge in [-0.15, -0.1) is 11.3 Å². The van der Waals surface area contributed by atoms with Crippen LogP contribution in [0.2, 0.25) is 0 Å². The number of hydrogen-bond acceptors (Lipinski definition) is 7. The molecule has 0 atom stereocenters. The van der Waals surface area contributed by atoms with Gasteiger partial charge in [0.15, 0.2) is 10.9 Å². The Labute approximate surface area is 205 Å². The Balaban J connectivity index is 1.55. The highest BCUT2D eigenvalue weighted by atomic mass is 32.1. The number of amides is 1. The first-order valence-corrected chi connectivity index (χ1v) is 12.1. The lowest BCUT2D eigenvalue weighted by Crippen LogP contribution is -2.33. The van der Waals surface area contributed by atoms with Crippen LogP contribution in [0.3, 0.4) is 0 Å². The van der Waals surface area contributed by atoms with Crippen LogP contribution in [0.4, 0.5) is 19.6 Å². The number of hydrogen-bond donors (Lipinski definition) is 0. The summed E-state index contributed by atoms with van der Waals surface area (Å²) in [6, 6.07) is 9.86. The molecule has 1 amide bonds. The number of fused-ring (bicyclic) bond motifs is 2. The number of nitro benzene ring substituents is 1. The van der Waals surface area contributed by atoms with E-state index in [4.69, 9.17) is 0 Å². The first-order valence-electron chi connectivity index (χ1n) is 10.5. The molecule has 0 aliphatic rings. The number of nitrogens with zero attached hydrogens (tertiary/aromatic N) is 5. The summed E-state index contributed by atoms with van der Waals surface area (Å²) in [6.45, 7) is 4.31. The lowest BCUT2D eigenvalue weighted by molar-refractivity contribution is -0.384. The Morgan fingerprint density at radius 2 is 1.91 bits per heavy atom. The zero-order chi connectivity index (χ0) is 24.9. The molecule has 5 aromatic rings. The molecule has 0 radical (unpaired) electrons. The van der Waals surface area contributed by atoms with E-state index < -0.39 is 22.5 Å². The molecule has 3 aromatic heterocycles. The molecule has 0 unspecified atom stereocenters. The van der Waals surface area contributed by atoms with Gasteiger partial charge < -0.3 is 0 Å². The summed E-state index contributed by atoms with van der Waals surface area (Å²) in [5.41, 5.74) is 1.67. The lowest BCUT2D eigenvalue weighted by Gasteiger charge is -2.19. The van der Waals surface area contributed by atoms with Crippen LogP contribution in [0.15, 0.2) is 42.5 Å². The molecule has 12 heteroatoms. The Bertz CT molecular complexity index is 1620. The van der Waals surface area contributed by atoms with Gasteiger partial charge >= 0.3 is 0 Å². The standard InChI is InChI=1S/C23H17F2N5O3S2/c1-12-7-13(2)29(27-12)6-5-28(23-26-21-17(25)10-15(24)11-19(21)35-23)22(31)20-9-14-8-16(30(32)33)3-4-18(14)34-20/h3-4,7-11H,5-6H2,1-2H3. The first-order chi connectivity index (χ1) is 16.7. The molecule has 0 spiro atoms. The van der Waals surface area contributed by atoms with Crippen molar-refractivity contribution in [3.8, 4) is 0 Å². The van der Waals surface area contributed by atoms with Gasteiger partial charge in [0.1, 0.15) is 11.3 Å². The largest absolute Gasteiger partial charge is 0.281 e. The van der Waals surface area contributed by atoms with Crippen molar-refractivity contribution in [2.75, 3.05) is 11.4 Å². The van der Waals surface area contributed by atoms with E-state index >= 15 is 0 Å². The number of carbonyl (C=O) groups excluding carboxylic acids is 1. The predicted molar refractivity (Wildman–Crippen MR) is 131 cm³/mol. The summed E-state index contributed by atoms with van der Waals surface area (Å²) in [7, 11) is 0. The van der Waals surface area contributed by atoms with Crippen molar-refractivity contribution in [1.29, 1.82) is 0 Å². The third kappa shape index (κ3) is 4.37. The third-order valence-electron chi connectivity index (χ3n) is 5.44. The zero-order valence-electron chi connectivity index (χ0n) is 18.5. The number of non-ortho nitro benzene ring substituents is 1. The maximum atomic E-state index is 14.3. The summed E-state index contributed by atoms with van der Waals surface area (Å²) in [6.07, 6.45) is 0. The predicted octanol–water partition coefficient (Wildman–Crippen LogP) is 5.86. The average Bonchev–Trinajstić information content (AvgIpc) is 3.49. The molecule has 0 aliphatic carbocycles. The van der Waals surface area contributed by atoms with Gasteiger partial charge in [-0.3, -0.25) is 24.5 Å². The van der Waals surface area contributed by atoms with Crippen molar-refractivity contribution in [2.45, 2.75) is 20.4 Å². The molecule has 0 aliphatic heterocycles. The zero-order valence-corrected chi connectivity index (χ0v) is 20.1. The van der Waals surface area contributed by atoms with Gasteiger partial charge in [0.05, 0.1) is 26.7 Å². The average molecular weight is 514 g/mol. The Hall–Kier alpha value is -3.77. The molecular formula is C23H17F2N5O3S2. The molecule has 0 saturated heterocycles. The fourth-order valence-electron chi connectivity index (χ4n) is 3.82. The molecule has 3 heterocycles. The maximum Gasteiger partial charge on any atom is 0.270 e. The van der Waals surface area contributed by atoms with Crippen LogP contribution in [0.5, 0.6) is 0 Å². The van der Waals surface area contributed by atoms with Gasteiger partial charge in [0.2, 0.25) is 0 Å². The van der Waals surface area contributed by atoms with Crippen molar-refractivity contribution >= 4 is 59.7 Å². The molecule has 178 valence electrons. The van der Waals surface area contributed by atoms with E-state index in [1.54, 1.807) is 16.8 Å². The maximum absolute atomic E-state index is 14.3. The van der Waals surface area contributed by atoms with E-state index in [9.17, 15) is 23.7 Å². The summed E-state index contributed by atoms with van der Waals surface area (Å²) < 4.78 is 30.9. The van der Waals surface area contributed by atoms with E-state index in [2.05, 4.69) is 10.1 Å². The second-order valence-electron chi connectivity index (χ2n) is 7.93. The molecule has 0 fully saturated rings. The number of anilines is 1. The molecule has 8 nitrogen and oxygen atoms in total. The lowest BCUT2D eigenvalue weighted by atomic mass is 10.2. The minimum Gasteiger partial charge on any atom is -0.281 e. The van der Waals surface area contributed by atoms with Gasteiger partial charge in [-0.1, -0.05) is 11.3 Å². The molecule has 5 rings (SSSR count). The van der Waals surface area contributed by atoms with E-state index in [-0.39, 0.29) is 27.6 Å². The Morgan fingerprint density at radius 1 is 1.11 bits per heavy atom. The number of benzene rings is 2. The molecule has 2 aromatic carbocycles. The van der Waals surface area contributed by atoms with Crippen molar-refractivity contribution in [1.82, 2.24) is 14.8 Å².